The average Bonchev–Trinajstić information content (AvgIpc) is 2.62. The molecule has 1 N–H and O–H groups in total. The van der Waals surface area contributed by atoms with Crippen molar-refractivity contribution in [2.24, 2.45) is 0 Å². The monoisotopic (exact) mass is 386 g/mol. The van der Waals surface area contributed by atoms with E-state index in [4.69, 9.17) is 0 Å². The Balaban J connectivity index is 1.49. The van der Waals surface area contributed by atoms with E-state index in [-0.39, 0.29) is 11.9 Å². The van der Waals surface area contributed by atoms with Crippen molar-refractivity contribution in [2.75, 3.05) is 18.0 Å². The molecule has 0 aliphatic carbocycles. The molecule has 24 heavy (non-hydrogen) atoms. The van der Waals surface area contributed by atoms with Crippen molar-refractivity contribution < 1.29 is 4.79 Å². The SMILES string of the molecule is O=C(C=Cc1ccccc1Br)NC1CCN(c2ncccn2)CC1. The fourth-order valence-corrected chi connectivity index (χ4v) is 3.12. The van der Waals surface area contributed by atoms with Crippen molar-refractivity contribution in [3.8, 4) is 0 Å². The first kappa shape index (κ1) is 16.6. The summed E-state index contributed by atoms with van der Waals surface area (Å²) in [6.45, 7) is 1.70. The van der Waals surface area contributed by atoms with E-state index in [9.17, 15) is 4.79 Å². The van der Waals surface area contributed by atoms with Crippen LogP contribution in [0.4, 0.5) is 5.95 Å². The summed E-state index contributed by atoms with van der Waals surface area (Å²) in [6.07, 6.45) is 8.71. The molecule has 0 radical (unpaired) electrons. The van der Waals surface area contributed by atoms with Gasteiger partial charge in [-0.25, -0.2) is 9.97 Å². The van der Waals surface area contributed by atoms with E-state index >= 15 is 0 Å². The first-order chi connectivity index (χ1) is 11.7. The zero-order valence-electron chi connectivity index (χ0n) is 13.2. The summed E-state index contributed by atoms with van der Waals surface area (Å²) in [6, 6.07) is 9.83. The number of anilines is 1. The van der Waals surface area contributed by atoms with Gasteiger partial charge in [-0.2, -0.15) is 0 Å². The quantitative estimate of drug-likeness (QED) is 0.820. The number of nitrogens with one attached hydrogen (secondary N) is 1. The Hall–Kier alpha value is -2.21. The van der Waals surface area contributed by atoms with Crippen LogP contribution in [0.25, 0.3) is 6.08 Å². The molecule has 6 heteroatoms. The average molecular weight is 387 g/mol. The number of piperidine rings is 1. The molecule has 124 valence electrons. The van der Waals surface area contributed by atoms with Crippen LogP contribution in [0, 0.1) is 0 Å². The third-order valence-electron chi connectivity index (χ3n) is 4.00. The molecule has 1 aromatic carbocycles. The molecular weight excluding hydrogens is 368 g/mol. The maximum atomic E-state index is 12.1. The highest BCUT2D eigenvalue weighted by Gasteiger charge is 2.21. The van der Waals surface area contributed by atoms with Crippen LogP contribution in [0.5, 0.6) is 0 Å². The van der Waals surface area contributed by atoms with Crippen LogP contribution in [-0.2, 0) is 4.79 Å². The molecular formula is C18H19BrN4O. The van der Waals surface area contributed by atoms with Gasteiger partial charge >= 0.3 is 0 Å². The number of benzene rings is 1. The molecule has 0 atom stereocenters. The minimum Gasteiger partial charge on any atom is -0.350 e. The molecule has 1 fully saturated rings. The smallest absolute Gasteiger partial charge is 0.244 e. The Morgan fingerprint density at radius 3 is 2.58 bits per heavy atom. The highest BCUT2D eigenvalue weighted by Crippen LogP contribution is 2.17. The zero-order chi connectivity index (χ0) is 16.8. The van der Waals surface area contributed by atoms with Gasteiger partial charge in [0.15, 0.2) is 0 Å². The van der Waals surface area contributed by atoms with Crippen LogP contribution in [0.3, 0.4) is 0 Å². The van der Waals surface area contributed by atoms with Gasteiger partial charge in [0.05, 0.1) is 0 Å². The maximum Gasteiger partial charge on any atom is 0.244 e. The van der Waals surface area contributed by atoms with Crippen molar-refractivity contribution in [3.05, 3.63) is 58.8 Å². The van der Waals surface area contributed by atoms with E-state index in [0.717, 1.165) is 41.9 Å². The highest BCUT2D eigenvalue weighted by atomic mass is 79.9. The van der Waals surface area contributed by atoms with Crippen LogP contribution in [0.1, 0.15) is 18.4 Å². The Morgan fingerprint density at radius 2 is 1.88 bits per heavy atom. The van der Waals surface area contributed by atoms with Gasteiger partial charge < -0.3 is 10.2 Å². The van der Waals surface area contributed by atoms with E-state index in [2.05, 4.69) is 36.1 Å². The predicted octanol–water partition coefficient (Wildman–Crippen LogP) is 3.04. The molecule has 2 heterocycles. The van der Waals surface area contributed by atoms with Crippen LogP contribution >= 0.6 is 15.9 Å². The number of carbonyl (C=O) groups is 1. The fraction of sp³-hybridized carbons (Fsp3) is 0.278. The number of amides is 1. The topological polar surface area (TPSA) is 58.1 Å². The fourth-order valence-electron chi connectivity index (χ4n) is 2.70. The van der Waals surface area contributed by atoms with Crippen LogP contribution in [0.2, 0.25) is 0 Å². The second-order valence-electron chi connectivity index (χ2n) is 5.67. The van der Waals surface area contributed by atoms with Gasteiger partial charge in [0, 0.05) is 42.1 Å². The number of halogens is 1. The number of carbonyl (C=O) groups excluding carboxylic acids is 1. The van der Waals surface area contributed by atoms with Crippen molar-refractivity contribution >= 4 is 33.9 Å². The lowest BCUT2D eigenvalue weighted by molar-refractivity contribution is -0.117. The summed E-state index contributed by atoms with van der Waals surface area (Å²) < 4.78 is 0.977. The van der Waals surface area contributed by atoms with Gasteiger partial charge in [0.25, 0.3) is 0 Å². The summed E-state index contributed by atoms with van der Waals surface area (Å²) in [5.41, 5.74) is 0.990. The molecule has 3 rings (SSSR count). The standard InChI is InChI=1S/C18H19BrN4O/c19-16-5-2-1-4-14(16)6-7-17(24)22-15-8-12-23(13-9-15)18-20-10-3-11-21-18/h1-7,10-11,15H,8-9,12-13H2,(H,22,24). The van der Waals surface area contributed by atoms with Gasteiger partial charge in [-0.05, 0) is 36.6 Å². The minimum absolute atomic E-state index is 0.0554. The maximum absolute atomic E-state index is 12.1. The van der Waals surface area contributed by atoms with Crippen LogP contribution < -0.4 is 10.2 Å². The van der Waals surface area contributed by atoms with E-state index < -0.39 is 0 Å². The second-order valence-corrected chi connectivity index (χ2v) is 6.53. The molecule has 1 aromatic heterocycles. The molecule has 0 unspecified atom stereocenters. The van der Waals surface area contributed by atoms with Crippen LogP contribution in [-0.4, -0.2) is 35.0 Å². The second kappa shape index (κ2) is 8.06. The summed E-state index contributed by atoms with van der Waals surface area (Å²) in [4.78, 5) is 22.8. The van der Waals surface area contributed by atoms with Gasteiger partial charge in [0.2, 0.25) is 11.9 Å². The van der Waals surface area contributed by atoms with Crippen LogP contribution in [0.15, 0.2) is 53.3 Å². The molecule has 2 aromatic rings. The Bertz CT molecular complexity index is 712. The lowest BCUT2D eigenvalue weighted by Crippen LogP contribution is -2.44. The van der Waals surface area contributed by atoms with E-state index in [0.29, 0.717) is 0 Å². The van der Waals surface area contributed by atoms with Crippen molar-refractivity contribution in [2.45, 2.75) is 18.9 Å². The third kappa shape index (κ3) is 4.41. The molecule has 1 amide bonds. The van der Waals surface area contributed by atoms with Gasteiger partial charge in [-0.1, -0.05) is 34.1 Å². The lowest BCUT2D eigenvalue weighted by atomic mass is 10.1. The number of hydrogen-bond donors (Lipinski definition) is 1. The zero-order valence-corrected chi connectivity index (χ0v) is 14.8. The van der Waals surface area contributed by atoms with E-state index in [1.165, 1.54) is 0 Å². The molecule has 0 saturated carbocycles. The van der Waals surface area contributed by atoms with E-state index in [1.54, 1.807) is 18.5 Å². The third-order valence-corrected chi connectivity index (χ3v) is 4.72. The van der Waals surface area contributed by atoms with Gasteiger partial charge in [-0.15, -0.1) is 0 Å². The number of aromatic nitrogens is 2. The molecule has 0 bridgehead atoms. The Labute approximate surface area is 149 Å². The first-order valence-corrected chi connectivity index (χ1v) is 8.77. The number of rotatable bonds is 4. The Morgan fingerprint density at radius 1 is 1.17 bits per heavy atom. The Kier molecular flexibility index (Phi) is 5.59. The largest absolute Gasteiger partial charge is 0.350 e. The normalized spacial score (nSPS) is 15.6. The molecule has 5 nitrogen and oxygen atoms in total. The van der Waals surface area contributed by atoms with Crippen molar-refractivity contribution in [1.82, 2.24) is 15.3 Å². The summed E-state index contributed by atoms with van der Waals surface area (Å²) in [5, 5.41) is 3.07. The number of hydrogen-bond acceptors (Lipinski definition) is 4. The molecule has 1 aliphatic rings. The highest BCUT2D eigenvalue weighted by molar-refractivity contribution is 9.10. The number of nitrogens with zero attached hydrogens (tertiary/aromatic N) is 3. The van der Waals surface area contributed by atoms with E-state index in [1.807, 2.05) is 36.4 Å². The predicted molar refractivity (Wildman–Crippen MR) is 98.6 cm³/mol. The van der Waals surface area contributed by atoms with Gasteiger partial charge in [0.1, 0.15) is 0 Å². The van der Waals surface area contributed by atoms with Crippen molar-refractivity contribution in [1.29, 1.82) is 0 Å². The van der Waals surface area contributed by atoms with Crippen molar-refractivity contribution in [3.63, 3.8) is 0 Å². The summed E-state index contributed by atoms with van der Waals surface area (Å²) >= 11 is 3.47. The molecule has 1 aliphatic heterocycles. The molecule has 1 saturated heterocycles. The first-order valence-electron chi connectivity index (χ1n) is 7.97. The van der Waals surface area contributed by atoms with Gasteiger partial charge in [-0.3, -0.25) is 4.79 Å². The summed E-state index contributed by atoms with van der Waals surface area (Å²) in [7, 11) is 0. The molecule has 0 spiro atoms. The summed E-state index contributed by atoms with van der Waals surface area (Å²) in [5.74, 6) is 0.705. The minimum atomic E-state index is -0.0554. The lowest BCUT2D eigenvalue weighted by Gasteiger charge is -2.32.